The molecule has 4 nitrogen and oxygen atoms in total. The van der Waals surface area contributed by atoms with Gasteiger partial charge in [-0.3, -0.25) is 4.79 Å². The molecule has 0 saturated carbocycles. The molecular formula is C17H15N3O. The van der Waals surface area contributed by atoms with Gasteiger partial charge in [0.05, 0.1) is 16.9 Å². The van der Waals surface area contributed by atoms with Gasteiger partial charge in [0.15, 0.2) is 1.41 Å². The van der Waals surface area contributed by atoms with E-state index in [0.717, 1.165) is 27.7 Å². The number of carbonyl (C=O) groups excluding carboxylic acids is 1. The summed E-state index contributed by atoms with van der Waals surface area (Å²) < 4.78 is 7.38. The zero-order chi connectivity index (χ0) is 15.7. The monoisotopic (exact) mass is 278 g/mol. The first-order valence-electron chi connectivity index (χ1n) is 7.09. The van der Waals surface area contributed by atoms with Crippen LogP contribution in [0.1, 0.15) is 15.9 Å². The smallest absolute Gasteiger partial charge is 0.248 e. The second kappa shape index (κ2) is 4.90. The Morgan fingerprint density at radius 3 is 2.71 bits per heavy atom. The minimum absolute atomic E-state index is 0.450. The lowest BCUT2D eigenvalue weighted by atomic mass is 9.99. The topological polar surface area (TPSA) is 82.0 Å². The van der Waals surface area contributed by atoms with Crippen molar-refractivity contribution >= 4 is 22.5 Å². The van der Waals surface area contributed by atoms with E-state index in [4.69, 9.17) is 7.15 Å². The van der Waals surface area contributed by atoms with Crippen molar-refractivity contribution in [2.24, 2.45) is 5.73 Å². The summed E-state index contributed by atoms with van der Waals surface area (Å²) >= 11 is 0. The van der Waals surface area contributed by atoms with E-state index in [1.54, 1.807) is 18.2 Å². The van der Waals surface area contributed by atoms with Crippen LogP contribution in [0.25, 0.3) is 22.2 Å². The lowest BCUT2D eigenvalue weighted by Crippen LogP contribution is -2.13. The molecule has 1 aromatic heterocycles. The molecule has 3 aromatic rings. The van der Waals surface area contributed by atoms with Crippen LogP contribution in [0, 0.1) is 6.92 Å². The van der Waals surface area contributed by atoms with E-state index in [9.17, 15) is 4.79 Å². The molecule has 3 rings (SSSR count). The van der Waals surface area contributed by atoms with Crippen molar-refractivity contribution in [2.45, 2.75) is 6.92 Å². The lowest BCUT2D eigenvalue weighted by molar-refractivity contribution is 0.1000. The van der Waals surface area contributed by atoms with Gasteiger partial charge in [0.2, 0.25) is 5.91 Å². The van der Waals surface area contributed by atoms with Crippen molar-refractivity contribution in [2.75, 3.05) is 5.73 Å². The summed E-state index contributed by atoms with van der Waals surface area (Å²) in [5.74, 6) is -0.450. The molecule has 0 saturated heterocycles. The number of benzene rings is 2. The molecule has 0 atom stereocenters. The zero-order valence-corrected chi connectivity index (χ0v) is 11.6. The van der Waals surface area contributed by atoms with Crippen LogP contribution in [0.2, 0.25) is 1.41 Å². The standard InChI is InChI=1S/C17H15N3O/c1-10-12(5-3-6-13(10)17(19)21)15-9-8-11-4-2-7-14(18)16(11)20-15/h2-9H,18H2,1H3,(H2,19,21)/i/hD. The molecule has 4 heteroatoms. The molecule has 0 fully saturated rings. The fraction of sp³-hybridized carbons (Fsp3) is 0.0588. The van der Waals surface area contributed by atoms with E-state index in [-0.39, 0.29) is 0 Å². The number of hydrogen-bond acceptors (Lipinski definition) is 3. The summed E-state index contributed by atoms with van der Waals surface area (Å²) in [5.41, 5.74) is 12.1. The molecular weight excluding hydrogens is 262 g/mol. The highest BCUT2D eigenvalue weighted by Crippen LogP contribution is 2.27. The summed E-state index contributed by atoms with van der Waals surface area (Å²) in [7, 11) is 0. The van der Waals surface area contributed by atoms with Gasteiger partial charge in [0.1, 0.15) is 0 Å². The third-order valence-electron chi connectivity index (χ3n) is 3.60. The first-order chi connectivity index (χ1) is 10.6. The van der Waals surface area contributed by atoms with Crippen LogP contribution in [-0.2, 0) is 0 Å². The zero-order valence-electron chi connectivity index (χ0n) is 12.6. The highest BCUT2D eigenvalue weighted by atomic mass is 16.1. The average molecular weight is 278 g/mol. The van der Waals surface area contributed by atoms with E-state index < -0.39 is 5.91 Å². The van der Waals surface area contributed by atoms with Gasteiger partial charge >= 0.3 is 0 Å². The molecule has 0 aliphatic carbocycles. The maximum atomic E-state index is 11.5. The largest absolute Gasteiger partial charge is 0.397 e. The number of amides is 1. The number of carbonyl (C=O) groups is 1. The number of fused-ring (bicyclic) bond motifs is 1. The first kappa shape index (κ1) is 11.9. The van der Waals surface area contributed by atoms with Crippen molar-refractivity contribution in [3.63, 3.8) is 0 Å². The average Bonchev–Trinajstić information content (AvgIpc) is 2.53. The van der Waals surface area contributed by atoms with Crippen molar-refractivity contribution in [1.29, 1.82) is 0 Å². The minimum Gasteiger partial charge on any atom is -0.397 e. The molecule has 1 amide bonds. The number of nitrogens with two attached hydrogens (primary N) is 2. The number of anilines is 1. The van der Waals surface area contributed by atoms with E-state index in [1.165, 1.54) is 0 Å². The van der Waals surface area contributed by atoms with E-state index in [1.807, 2.05) is 37.3 Å². The fourth-order valence-electron chi connectivity index (χ4n) is 2.48. The molecule has 4 N–H and O–H groups in total. The van der Waals surface area contributed by atoms with Crippen molar-refractivity contribution < 1.29 is 6.21 Å². The maximum Gasteiger partial charge on any atom is 0.248 e. The van der Waals surface area contributed by atoms with Crippen LogP contribution in [0.3, 0.4) is 0 Å². The number of primary amides is 1. The van der Waals surface area contributed by atoms with Gasteiger partial charge in [-0.15, -0.1) is 0 Å². The Bertz CT molecular complexity index is 877. The fourth-order valence-corrected chi connectivity index (χ4v) is 2.48. The van der Waals surface area contributed by atoms with Crippen LogP contribution >= 0.6 is 0 Å². The molecule has 1 heterocycles. The second-order valence-corrected chi connectivity index (χ2v) is 4.92. The third-order valence-corrected chi connectivity index (χ3v) is 3.60. The molecule has 2 aromatic carbocycles. The normalized spacial score (nSPS) is 11.2. The molecule has 0 aliphatic rings. The summed E-state index contributed by atoms with van der Waals surface area (Å²) in [5, 5.41) is 0.949. The van der Waals surface area contributed by atoms with Gasteiger partial charge in [-0.1, -0.05) is 30.3 Å². The second-order valence-electron chi connectivity index (χ2n) is 4.92. The van der Waals surface area contributed by atoms with Crippen molar-refractivity contribution in [3.8, 4) is 11.3 Å². The Morgan fingerprint density at radius 1 is 1.14 bits per heavy atom. The molecule has 0 aliphatic heterocycles. The molecule has 0 spiro atoms. The van der Waals surface area contributed by atoms with E-state index in [0.29, 0.717) is 11.3 Å². The van der Waals surface area contributed by atoms with E-state index >= 15 is 0 Å². The van der Waals surface area contributed by atoms with Crippen LogP contribution in [0.15, 0.2) is 48.5 Å². The Morgan fingerprint density at radius 2 is 1.95 bits per heavy atom. The quantitative estimate of drug-likeness (QED) is 0.723. The SMILES string of the molecule is [2H]Nc1cccc2ccc(-c3cccc(C(N)=O)c3C)nc12. The maximum absolute atomic E-state index is 11.5. The number of hydrogen-bond donors (Lipinski definition) is 2. The van der Waals surface area contributed by atoms with Gasteiger partial charge in [-0.05, 0) is 30.7 Å². The van der Waals surface area contributed by atoms with Crippen molar-refractivity contribution in [1.82, 2.24) is 4.98 Å². The minimum atomic E-state index is -0.450. The molecule has 0 radical (unpaired) electrons. The summed E-state index contributed by atoms with van der Waals surface area (Å²) in [6.07, 6.45) is 0. The predicted octanol–water partition coefficient (Wildman–Crippen LogP) is 2.89. The van der Waals surface area contributed by atoms with Crippen LogP contribution < -0.4 is 11.5 Å². The molecule has 21 heavy (non-hydrogen) atoms. The Balaban J connectivity index is 2.23. The number of pyridine rings is 1. The van der Waals surface area contributed by atoms with Crippen molar-refractivity contribution in [3.05, 3.63) is 59.7 Å². The number of nitrogen functional groups attached to an aromatic ring is 1. The summed E-state index contributed by atoms with van der Waals surface area (Å²) in [6, 6.07) is 14.9. The van der Waals surface area contributed by atoms with Gasteiger partial charge in [-0.2, -0.15) is 0 Å². The van der Waals surface area contributed by atoms with Crippen LogP contribution in [0.5, 0.6) is 0 Å². The molecule has 0 bridgehead atoms. The van der Waals surface area contributed by atoms with Gasteiger partial charge in [0, 0.05) is 16.5 Å². The lowest BCUT2D eigenvalue weighted by Gasteiger charge is -2.10. The number of aromatic nitrogens is 1. The summed E-state index contributed by atoms with van der Waals surface area (Å²) in [4.78, 5) is 16.1. The van der Waals surface area contributed by atoms with Crippen LogP contribution in [-0.4, -0.2) is 10.9 Å². The highest BCUT2D eigenvalue weighted by molar-refractivity contribution is 5.96. The third kappa shape index (κ3) is 2.21. The number of rotatable bonds is 3. The van der Waals surface area contributed by atoms with Gasteiger partial charge in [-0.25, -0.2) is 4.98 Å². The molecule has 0 unspecified atom stereocenters. The summed E-state index contributed by atoms with van der Waals surface area (Å²) in [6.45, 7) is 1.86. The van der Waals surface area contributed by atoms with Gasteiger partial charge in [0.25, 0.3) is 0 Å². The Hall–Kier alpha value is -2.88. The van der Waals surface area contributed by atoms with E-state index in [2.05, 4.69) is 10.7 Å². The Kier molecular flexibility index (Phi) is 2.78. The first-order valence-corrected chi connectivity index (χ1v) is 6.59. The van der Waals surface area contributed by atoms with Crippen LogP contribution in [0.4, 0.5) is 5.69 Å². The molecule has 104 valence electrons. The predicted molar refractivity (Wildman–Crippen MR) is 84.8 cm³/mol. The Labute approximate surface area is 123 Å². The highest BCUT2D eigenvalue weighted by Gasteiger charge is 2.11. The van der Waals surface area contributed by atoms with Gasteiger partial charge < -0.3 is 11.5 Å². The number of para-hydroxylation sites is 1. The number of nitrogens with zero attached hydrogens (tertiary/aromatic N) is 1.